The predicted molar refractivity (Wildman–Crippen MR) is 228 cm³/mol. The molecule has 1 heterocycles. The average Bonchev–Trinajstić information content (AvgIpc) is 3.32. The lowest BCUT2D eigenvalue weighted by Crippen LogP contribution is -2.20. The molecule has 0 aromatic heterocycles. The van der Waals surface area contributed by atoms with Crippen LogP contribution in [0.15, 0.2) is 109 Å². The second kappa shape index (κ2) is 22.9. The van der Waals surface area contributed by atoms with Crippen molar-refractivity contribution in [2.75, 3.05) is 28.2 Å². The van der Waals surface area contributed by atoms with Crippen LogP contribution in [0.3, 0.4) is 0 Å². The third kappa shape index (κ3) is 13.4. The van der Waals surface area contributed by atoms with Crippen LogP contribution in [0.4, 0.5) is 26.3 Å². The van der Waals surface area contributed by atoms with Crippen LogP contribution < -0.4 is 28.4 Å². The van der Waals surface area contributed by atoms with Gasteiger partial charge in [-0.25, -0.2) is 55.1 Å². The molecule has 0 fully saturated rings. The Balaban J connectivity index is 0.000000829. The minimum absolute atomic E-state index is 0.540. The summed E-state index contributed by atoms with van der Waals surface area (Å²) in [5.41, 5.74) is -4.96. The van der Waals surface area contributed by atoms with Gasteiger partial charge >= 0.3 is 35.8 Å². The van der Waals surface area contributed by atoms with E-state index in [-0.39, 0.29) is 0 Å². The molecule has 0 saturated heterocycles. The molecule has 70 heavy (non-hydrogen) atoms. The summed E-state index contributed by atoms with van der Waals surface area (Å²) in [5.74, 6) is -20.0. The quantitative estimate of drug-likeness (QED) is 0.0713. The SMILES string of the molecule is CN(C)C=O.CN(C)C=O.O=C1Oc2ccc(F)cc2C(=O)Oc2ccc(F)cc2C(=O)Oc2ccc(F)cc2C(=O)Oc2ccc(F)cc2C(=O)Oc2ccc(F)cc2C(=O)Oc2ccc(F)cc21. The van der Waals surface area contributed by atoms with Gasteiger partial charge in [0, 0.05) is 28.2 Å². The van der Waals surface area contributed by atoms with Gasteiger partial charge in [0.2, 0.25) is 12.8 Å². The first-order chi connectivity index (χ1) is 33.2. The lowest BCUT2D eigenvalue weighted by molar-refractivity contribution is -0.116. The molecular weight excluding hydrogens is 943 g/mol. The highest BCUT2D eigenvalue weighted by atomic mass is 19.1. The summed E-state index contributed by atoms with van der Waals surface area (Å²) in [6.07, 6.45) is 1.50. The monoisotopic (exact) mass is 974 g/mol. The van der Waals surface area contributed by atoms with Crippen molar-refractivity contribution in [3.05, 3.63) is 177 Å². The maximum atomic E-state index is 14.5. The van der Waals surface area contributed by atoms with Gasteiger partial charge in [0.1, 0.15) is 103 Å². The zero-order chi connectivity index (χ0) is 51.4. The van der Waals surface area contributed by atoms with Gasteiger partial charge in [-0.1, -0.05) is 0 Å². The van der Waals surface area contributed by atoms with E-state index in [0.717, 1.165) is 85.6 Å². The van der Waals surface area contributed by atoms with Crippen LogP contribution in [-0.4, -0.2) is 86.6 Å². The van der Waals surface area contributed by atoms with E-state index in [1.54, 1.807) is 28.2 Å². The number of rotatable bonds is 2. The number of carbonyl (C=O) groups excluding carboxylic acids is 8. The van der Waals surface area contributed by atoms with Crippen molar-refractivity contribution in [3.8, 4) is 34.5 Å². The number of hydrogen-bond donors (Lipinski definition) is 0. The number of carbonyl (C=O) groups is 8. The number of nitrogens with zero attached hydrogens (tertiary/aromatic N) is 2. The van der Waals surface area contributed by atoms with E-state index < -0.39 is 139 Å². The molecule has 0 N–H and O–H groups in total. The normalized spacial score (nSPS) is 12.5. The van der Waals surface area contributed by atoms with Crippen molar-refractivity contribution in [3.63, 3.8) is 0 Å². The largest absolute Gasteiger partial charge is 0.422 e. The molecule has 0 bridgehead atoms. The molecular formula is C48H32F6N2O14. The standard InChI is InChI=1S/C42H18F6O12.2C3H7NO/c43-19-1-7-31-25(13-19)37(49)56-33-9-3-21(45)15-27(33)39(51)58-35-11-5-23(47)17-29(35)41(53)60-36-12-6-24(48)18-30(36)42(54)59-34-10-4-22(46)16-28(34)40(52)57-32-8-2-20(44)14-26(32)38(50)55-31;2*1-4(2)3-5/h1-18H;2*3H,1-2H3. The van der Waals surface area contributed by atoms with Gasteiger partial charge in [-0.15, -0.1) is 0 Å². The van der Waals surface area contributed by atoms with E-state index in [1.165, 1.54) is 9.80 Å². The molecule has 22 heteroatoms. The molecule has 0 spiro atoms. The minimum Gasteiger partial charge on any atom is -0.422 e. The van der Waals surface area contributed by atoms with Gasteiger partial charge in [0.15, 0.2) is 0 Å². The molecule has 1 aliphatic rings. The summed E-state index contributed by atoms with van der Waals surface area (Å²) in [7, 11) is 6.75. The van der Waals surface area contributed by atoms with E-state index >= 15 is 0 Å². The van der Waals surface area contributed by atoms with Crippen LogP contribution in [0.25, 0.3) is 0 Å². The number of halogens is 6. The maximum absolute atomic E-state index is 14.5. The van der Waals surface area contributed by atoms with E-state index in [0.29, 0.717) is 36.4 Å². The Kier molecular flexibility index (Phi) is 16.9. The molecule has 2 amide bonds. The Hall–Kier alpha value is -9.34. The van der Waals surface area contributed by atoms with Gasteiger partial charge in [-0.3, -0.25) is 9.59 Å². The van der Waals surface area contributed by atoms with E-state index in [2.05, 4.69) is 0 Å². The molecule has 6 aromatic carbocycles. The Bertz CT molecular complexity index is 2550. The molecule has 360 valence electrons. The van der Waals surface area contributed by atoms with E-state index in [4.69, 9.17) is 28.4 Å². The van der Waals surface area contributed by atoms with Crippen molar-refractivity contribution >= 4 is 48.6 Å². The first-order valence-electron chi connectivity index (χ1n) is 19.5. The number of ether oxygens (including phenoxy) is 6. The molecule has 16 nitrogen and oxygen atoms in total. The van der Waals surface area contributed by atoms with Gasteiger partial charge in [0.25, 0.3) is 0 Å². The van der Waals surface area contributed by atoms with Gasteiger partial charge < -0.3 is 38.2 Å². The minimum atomic E-state index is -1.52. The summed E-state index contributed by atoms with van der Waals surface area (Å²) >= 11 is 0. The van der Waals surface area contributed by atoms with E-state index in [1.807, 2.05) is 0 Å². The number of esters is 6. The lowest BCUT2D eigenvalue weighted by atomic mass is 10.1. The Labute approximate surface area is 391 Å². The van der Waals surface area contributed by atoms with Gasteiger partial charge in [-0.2, -0.15) is 0 Å². The average molecular weight is 975 g/mol. The smallest absolute Gasteiger partial charge is 0.347 e. The van der Waals surface area contributed by atoms with Crippen molar-refractivity contribution in [1.29, 1.82) is 0 Å². The first-order valence-corrected chi connectivity index (χ1v) is 19.5. The van der Waals surface area contributed by atoms with Crippen LogP contribution in [0, 0.1) is 34.9 Å². The fourth-order valence-corrected chi connectivity index (χ4v) is 5.43. The molecule has 0 unspecified atom stereocenters. The molecule has 0 aliphatic carbocycles. The molecule has 6 aromatic rings. The predicted octanol–water partition coefficient (Wildman–Crippen LogP) is 7.56. The van der Waals surface area contributed by atoms with Crippen LogP contribution in [0.5, 0.6) is 34.5 Å². The molecule has 0 saturated carbocycles. The summed E-state index contributed by atoms with van der Waals surface area (Å²) in [5, 5.41) is 0. The van der Waals surface area contributed by atoms with Crippen LogP contribution in [0.2, 0.25) is 0 Å². The Morgan fingerprint density at radius 2 is 0.429 bits per heavy atom. The molecule has 0 radical (unpaired) electrons. The Morgan fingerprint density at radius 1 is 0.300 bits per heavy atom. The topological polar surface area (TPSA) is 198 Å². The molecule has 1 aliphatic heterocycles. The first kappa shape index (κ1) is 51.6. The molecule has 0 atom stereocenters. The van der Waals surface area contributed by atoms with Crippen molar-refractivity contribution in [2.45, 2.75) is 0 Å². The zero-order valence-corrected chi connectivity index (χ0v) is 36.4. The molecule has 7 rings (SSSR count). The Morgan fingerprint density at radius 3 is 0.543 bits per heavy atom. The van der Waals surface area contributed by atoms with Crippen molar-refractivity contribution in [1.82, 2.24) is 9.80 Å². The van der Waals surface area contributed by atoms with Crippen molar-refractivity contribution in [2.24, 2.45) is 0 Å². The number of amides is 2. The van der Waals surface area contributed by atoms with E-state index in [9.17, 15) is 64.7 Å². The second-order valence-electron chi connectivity index (χ2n) is 14.3. The highest BCUT2D eigenvalue weighted by molar-refractivity contribution is 6.03. The third-order valence-electron chi connectivity index (χ3n) is 8.61. The fraction of sp³-hybridized carbons (Fsp3) is 0.0833. The number of benzene rings is 6. The van der Waals surface area contributed by atoms with Crippen LogP contribution in [-0.2, 0) is 9.59 Å². The number of hydrogen-bond acceptors (Lipinski definition) is 14. The van der Waals surface area contributed by atoms with Gasteiger partial charge in [-0.05, 0) is 109 Å². The third-order valence-corrected chi connectivity index (χ3v) is 8.61. The lowest BCUT2D eigenvalue weighted by Gasteiger charge is -2.16. The second-order valence-corrected chi connectivity index (χ2v) is 14.3. The van der Waals surface area contributed by atoms with Crippen LogP contribution in [0.1, 0.15) is 62.1 Å². The zero-order valence-electron chi connectivity index (χ0n) is 36.4. The summed E-state index contributed by atoms with van der Waals surface area (Å²) in [6, 6.07) is 12.4. The fourth-order valence-electron chi connectivity index (χ4n) is 5.43. The maximum Gasteiger partial charge on any atom is 0.347 e. The summed E-state index contributed by atoms with van der Waals surface area (Å²) in [6.45, 7) is 0. The van der Waals surface area contributed by atoms with Gasteiger partial charge in [0.05, 0.1) is 0 Å². The highest BCUT2D eigenvalue weighted by Crippen LogP contribution is 2.32. The summed E-state index contributed by atoms with van der Waals surface area (Å²) in [4.78, 5) is 103. The summed E-state index contributed by atoms with van der Waals surface area (Å²) < 4.78 is 119. The van der Waals surface area contributed by atoms with Crippen LogP contribution >= 0.6 is 0 Å². The number of fused-ring (bicyclic) bond motifs is 6. The van der Waals surface area contributed by atoms with Crippen molar-refractivity contribution < 1.29 is 93.1 Å². The highest BCUT2D eigenvalue weighted by Gasteiger charge is 2.29.